The summed E-state index contributed by atoms with van der Waals surface area (Å²) in [5, 5.41) is 3.20. The monoisotopic (exact) mass is 273 g/mol. The van der Waals surface area contributed by atoms with Gasteiger partial charge in [-0.25, -0.2) is 9.97 Å². The Morgan fingerprint density at radius 3 is 2.65 bits per heavy atom. The lowest BCUT2D eigenvalue weighted by molar-refractivity contribution is 0.416. The number of anilines is 4. The number of nitrogens with zero attached hydrogens (tertiary/aromatic N) is 3. The highest BCUT2D eigenvalue weighted by Gasteiger charge is 2.11. The first-order valence-corrected chi connectivity index (χ1v) is 6.22. The molecule has 0 aliphatic carbocycles. The van der Waals surface area contributed by atoms with Crippen LogP contribution in [0.15, 0.2) is 24.5 Å². The lowest BCUT2D eigenvalue weighted by atomic mass is 10.2. The molecular formula is C14H19N5O. The van der Waals surface area contributed by atoms with Gasteiger partial charge in [-0.15, -0.1) is 0 Å². The van der Waals surface area contributed by atoms with Crippen LogP contribution in [0.5, 0.6) is 5.75 Å². The first kappa shape index (κ1) is 13.9. The number of nitrogens with two attached hydrogens (primary N) is 1. The topological polar surface area (TPSA) is 76.3 Å². The molecule has 1 aromatic carbocycles. The summed E-state index contributed by atoms with van der Waals surface area (Å²) in [6, 6.07) is 5.87. The van der Waals surface area contributed by atoms with Crippen molar-refractivity contribution in [1.29, 1.82) is 0 Å². The van der Waals surface area contributed by atoms with Gasteiger partial charge in [-0.05, 0) is 24.6 Å². The number of aromatic nitrogens is 2. The van der Waals surface area contributed by atoms with Crippen molar-refractivity contribution < 1.29 is 4.74 Å². The van der Waals surface area contributed by atoms with Crippen LogP contribution >= 0.6 is 0 Å². The van der Waals surface area contributed by atoms with E-state index in [0.717, 1.165) is 17.0 Å². The van der Waals surface area contributed by atoms with Crippen molar-refractivity contribution in [2.24, 2.45) is 0 Å². The zero-order chi connectivity index (χ0) is 14.7. The summed E-state index contributed by atoms with van der Waals surface area (Å²) < 4.78 is 5.33. The van der Waals surface area contributed by atoms with E-state index in [4.69, 9.17) is 10.5 Å². The predicted molar refractivity (Wildman–Crippen MR) is 81.8 cm³/mol. The minimum atomic E-state index is 0.501. The molecule has 6 nitrogen and oxygen atoms in total. The third-order valence-electron chi connectivity index (χ3n) is 2.89. The summed E-state index contributed by atoms with van der Waals surface area (Å²) in [5.74, 6) is 1.97. The Morgan fingerprint density at radius 2 is 2.00 bits per heavy atom. The van der Waals surface area contributed by atoms with E-state index in [9.17, 15) is 0 Å². The molecule has 2 rings (SSSR count). The molecule has 1 heterocycles. The number of nitrogens with one attached hydrogen (secondary N) is 1. The maximum atomic E-state index is 6.09. The molecule has 0 atom stereocenters. The molecule has 0 aliphatic heterocycles. The zero-order valence-electron chi connectivity index (χ0n) is 12.1. The van der Waals surface area contributed by atoms with Gasteiger partial charge in [0.2, 0.25) is 0 Å². The maximum absolute atomic E-state index is 6.09. The van der Waals surface area contributed by atoms with E-state index >= 15 is 0 Å². The van der Waals surface area contributed by atoms with Crippen LogP contribution in [0.2, 0.25) is 0 Å². The molecular weight excluding hydrogens is 254 g/mol. The Kier molecular flexibility index (Phi) is 3.93. The van der Waals surface area contributed by atoms with Crippen LogP contribution in [0.1, 0.15) is 5.56 Å². The Labute approximate surface area is 118 Å². The SMILES string of the molecule is COc1ccc(C)cc1Nc1ncnc(N(C)C)c1N. The molecule has 2 aromatic rings. The number of methoxy groups -OCH3 is 1. The van der Waals surface area contributed by atoms with Crippen LogP contribution in [-0.2, 0) is 0 Å². The normalized spacial score (nSPS) is 10.2. The molecule has 106 valence electrons. The summed E-state index contributed by atoms with van der Waals surface area (Å²) >= 11 is 0. The van der Waals surface area contributed by atoms with Crippen LogP contribution in [0.3, 0.4) is 0 Å². The fourth-order valence-corrected chi connectivity index (χ4v) is 1.89. The number of rotatable bonds is 4. The molecule has 0 saturated carbocycles. The van der Waals surface area contributed by atoms with Crippen LogP contribution in [0.25, 0.3) is 0 Å². The van der Waals surface area contributed by atoms with Gasteiger partial charge in [-0.3, -0.25) is 0 Å². The number of hydrogen-bond donors (Lipinski definition) is 2. The predicted octanol–water partition coefficient (Wildman–Crippen LogP) is 2.19. The third kappa shape index (κ3) is 2.74. The van der Waals surface area contributed by atoms with E-state index in [1.54, 1.807) is 7.11 Å². The fourth-order valence-electron chi connectivity index (χ4n) is 1.89. The average molecular weight is 273 g/mol. The molecule has 0 saturated heterocycles. The molecule has 0 amide bonds. The van der Waals surface area contributed by atoms with E-state index in [-0.39, 0.29) is 0 Å². The Morgan fingerprint density at radius 1 is 1.25 bits per heavy atom. The van der Waals surface area contributed by atoms with E-state index in [1.807, 2.05) is 44.1 Å². The summed E-state index contributed by atoms with van der Waals surface area (Å²) in [5.41, 5.74) is 8.53. The number of hydrogen-bond acceptors (Lipinski definition) is 6. The number of ether oxygens (including phenoxy) is 1. The first-order chi connectivity index (χ1) is 9.52. The van der Waals surface area contributed by atoms with Crippen molar-refractivity contribution in [3.8, 4) is 5.75 Å². The minimum Gasteiger partial charge on any atom is -0.495 e. The maximum Gasteiger partial charge on any atom is 0.159 e. The summed E-state index contributed by atoms with van der Waals surface area (Å²) in [6.45, 7) is 2.01. The van der Waals surface area contributed by atoms with E-state index in [1.165, 1.54) is 6.33 Å². The summed E-state index contributed by atoms with van der Waals surface area (Å²) in [6.07, 6.45) is 1.48. The van der Waals surface area contributed by atoms with Crippen LogP contribution in [0, 0.1) is 6.92 Å². The Balaban J connectivity index is 2.40. The number of nitrogen functional groups attached to an aromatic ring is 1. The molecule has 1 aromatic heterocycles. The van der Waals surface area contributed by atoms with Gasteiger partial charge in [-0.2, -0.15) is 0 Å². The third-order valence-corrected chi connectivity index (χ3v) is 2.89. The second-order valence-corrected chi connectivity index (χ2v) is 4.68. The van der Waals surface area contributed by atoms with Crippen molar-refractivity contribution in [2.75, 3.05) is 37.2 Å². The minimum absolute atomic E-state index is 0.501. The van der Waals surface area contributed by atoms with Crippen molar-refractivity contribution >= 4 is 23.0 Å². The summed E-state index contributed by atoms with van der Waals surface area (Å²) in [7, 11) is 5.40. The smallest absolute Gasteiger partial charge is 0.159 e. The van der Waals surface area contributed by atoms with Gasteiger partial charge in [0.1, 0.15) is 17.8 Å². The van der Waals surface area contributed by atoms with Gasteiger partial charge < -0.3 is 20.7 Å². The van der Waals surface area contributed by atoms with Crippen molar-refractivity contribution in [3.63, 3.8) is 0 Å². The second-order valence-electron chi connectivity index (χ2n) is 4.68. The van der Waals surface area contributed by atoms with E-state index < -0.39 is 0 Å². The zero-order valence-corrected chi connectivity index (χ0v) is 12.1. The first-order valence-electron chi connectivity index (χ1n) is 6.22. The highest BCUT2D eigenvalue weighted by atomic mass is 16.5. The molecule has 3 N–H and O–H groups in total. The van der Waals surface area contributed by atoms with Gasteiger partial charge in [0.15, 0.2) is 11.6 Å². The molecule has 0 spiro atoms. The largest absolute Gasteiger partial charge is 0.495 e. The molecule has 20 heavy (non-hydrogen) atoms. The van der Waals surface area contributed by atoms with Gasteiger partial charge in [0, 0.05) is 14.1 Å². The van der Waals surface area contributed by atoms with Crippen molar-refractivity contribution in [1.82, 2.24) is 9.97 Å². The fraction of sp³-hybridized carbons (Fsp3) is 0.286. The van der Waals surface area contributed by atoms with Gasteiger partial charge in [0.25, 0.3) is 0 Å². The molecule has 0 aliphatic rings. The molecule has 6 heteroatoms. The van der Waals surface area contributed by atoms with Gasteiger partial charge in [0.05, 0.1) is 12.8 Å². The second kappa shape index (κ2) is 5.64. The van der Waals surface area contributed by atoms with Crippen LogP contribution in [-0.4, -0.2) is 31.2 Å². The molecule has 0 unspecified atom stereocenters. The van der Waals surface area contributed by atoms with Crippen molar-refractivity contribution in [2.45, 2.75) is 6.92 Å². The van der Waals surface area contributed by atoms with Gasteiger partial charge in [-0.1, -0.05) is 6.07 Å². The number of benzene rings is 1. The average Bonchev–Trinajstić information content (AvgIpc) is 2.41. The lowest BCUT2D eigenvalue weighted by Crippen LogP contribution is -2.14. The molecule has 0 fully saturated rings. The quantitative estimate of drug-likeness (QED) is 0.889. The van der Waals surface area contributed by atoms with Crippen LogP contribution in [0.4, 0.5) is 23.0 Å². The highest BCUT2D eigenvalue weighted by molar-refractivity contribution is 5.79. The molecule has 0 radical (unpaired) electrons. The number of aryl methyl sites for hydroxylation is 1. The lowest BCUT2D eigenvalue weighted by Gasteiger charge is -2.17. The Hall–Kier alpha value is -2.50. The Bertz CT molecular complexity index is 613. The molecule has 0 bridgehead atoms. The van der Waals surface area contributed by atoms with E-state index in [0.29, 0.717) is 17.3 Å². The van der Waals surface area contributed by atoms with Crippen LogP contribution < -0.4 is 20.7 Å². The van der Waals surface area contributed by atoms with Crippen molar-refractivity contribution in [3.05, 3.63) is 30.1 Å². The summed E-state index contributed by atoms with van der Waals surface area (Å²) in [4.78, 5) is 10.2. The highest BCUT2D eigenvalue weighted by Crippen LogP contribution is 2.32. The standard InChI is InChI=1S/C14H19N5O/c1-9-5-6-11(20-4)10(7-9)18-13-12(15)14(19(2)3)17-8-16-13/h5-8H,15H2,1-4H3,(H,16,17,18). The van der Waals surface area contributed by atoms with Gasteiger partial charge >= 0.3 is 0 Å². The van der Waals surface area contributed by atoms with E-state index in [2.05, 4.69) is 15.3 Å².